The summed E-state index contributed by atoms with van der Waals surface area (Å²) in [6.07, 6.45) is 2.58. The number of piperidine rings is 1. The fraction of sp³-hybridized carbons (Fsp3) is 0.444. The molecule has 0 radical (unpaired) electrons. The molecule has 0 spiro atoms. The SMILES string of the molecule is CCN(CC)CCCN1CCC(c2noc3c4oc(=O)ccc(=O)oc4c4oc(=O)ccc(=O)oc4c23)CC1. The summed E-state index contributed by atoms with van der Waals surface area (Å²) in [5, 5.41) is 4.48. The van der Waals surface area contributed by atoms with E-state index in [1.807, 2.05) is 0 Å². The Balaban J connectivity index is 1.63. The summed E-state index contributed by atoms with van der Waals surface area (Å²) in [5.41, 5.74) is -4.46. The van der Waals surface area contributed by atoms with Gasteiger partial charge < -0.3 is 32.0 Å². The van der Waals surface area contributed by atoms with Crippen molar-refractivity contribution < 1.29 is 22.2 Å². The summed E-state index contributed by atoms with van der Waals surface area (Å²) in [4.78, 5) is 54.2. The molecule has 1 fully saturated rings. The van der Waals surface area contributed by atoms with Gasteiger partial charge in [-0.15, -0.1) is 0 Å². The lowest BCUT2D eigenvalue weighted by Crippen LogP contribution is -2.35. The van der Waals surface area contributed by atoms with Crippen LogP contribution in [0.3, 0.4) is 0 Å². The standard InChI is InChI=1S/C27H29N3O9/c1-3-29(4-2)12-5-13-30-14-10-16(11-15-30)22-21-23-25(36-18(32)7-6-17(31)35-23)27-26(24(21)39-28-22)37-19(33)8-9-20(34)38-27/h6-9,16H,3-5,10-15H2,1-2H3. The molecule has 3 aromatic heterocycles. The van der Waals surface area contributed by atoms with Crippen molar-refractivity contribution in [3.05, 3.63) is 71.6 Å². The molecule has 4 aromatic rings. The summed E-state index contributed by atoms with van der Waals surface area (Å²) < 4.78 is 27.3. The first-order valence-corrected chi connectivity index (χ1v) is 13.0. The second-order valence-electron chi connectivity index (χ2n) is 9.44. The van der Waals surface area contributed by atoms with Crippen LogP contribution in [-0.4, -0.2) is 54.2 Å². The van der Waals surface area contributed by atoms with Gasteiger partial charge in [0, 0.05) is 30.2 Å². The largest absolute Gasteiger partial charge is 0.418 e. The highest BCUT2D eigenvalue weighted by Crippen LogP contribution is 2.39. The van der Waals surface area contributed by atoms with Crippen LogP contribution in [0.1, 0.15) is 44.7 Å². The lowest BCUT2D eigenvalue weighted by Gasteiger charge is -2.31. The smallest absolute Gasteiger partial charge is 0.336 e. The number of benzene rings is 1. The molecule has 39 heavy (non-hydrogen) atoms. The molecule has 0 bridgehead atoms. The molecule has 0 unspecified atom stereocenters. The van der Waals surface area contributed by atoms with Gasteiger partial charge in [-0.25, -0.2) is 19.2 Å². The highest BCUT2D eigenvalue weighted by Gasteiger charge is 2.30. The third-order valence-electron chi connectivity index (χ3n) is 7.11. The molecule has 1 aliphatic heterocycles. The maximum Gasteiger partial charge on any atom is 0.336 e. The number of hydrogen-bond donors (Lipinski definition) is 0. The fourth-order valence-corrected chi connectivity index (χ4v) is 5.05. The monoisotopic (exact) mass is 539 g/mol. The molecule has 0 atom stereocenters. The van der Waals surface area contributed by atoms with Crippen LogP contribution >= 0.6 is 0 Å². The Bertz CT molecular complexity index is 1780. The minimum atomic E-state index is -0.928. The maximum atomic E-state index is 12.5. The quantitative estimate of drug-likeness (QED) is 0.339. The van der Waals surface area contributed by atoms with Gasteiger partial charge in [0.1, 0.15) is 0 Å². The predicted octanol–water partition coefficient (Wildman–Crippen LogP) is 2.98. The van der Waals surface area contributed by atoms with E-state index < -0.39 is 28.1 Å². The average molecular weight is 540 g/mol. The van der Waals surface area contributed by atoms with Crippen LogP contribution in [0.4, 0.5) is 0 Å². The van der Waals surface area contributed by atoms with Gasteiger partial charge in [0.05, 0.1) is 11.1 Å². The van der Waals surface area contributed by atoms with Gasteiger partial charge in [0.15, 0.2) is 5.58 Å². The molecule has 1 aliphatic rings. The van der Waals surface area contributed by atoms with E-state index in [4.69, 9.17) is 22.2 Å². The van der Waals surface area contributed by atoms with Crippen molar-refractivity contribution in [2.24, 2.45) is 0 Å². The molecule has 0 aliphatic carbocycles. The van der Waals surface area contributed by atoms with E-state index in [1.165, 1.54) is 0 Å². The first kappa shape index (κ1) is 26.6. The van der Waals surface area contributed by atoms with Crippen molar-refractivity contribution in [1.29, 1.82) is 0 Å². The number of fused-ring (bicyclic) bond motifs is 6. The van der Waals surface area contributed by atoms with E-state index in [2.05, 4.69) is 28.8 Å². The van der Waals surface area contributed by atoms with Crippen molar-refractivity contribution in [2.45, 2.75) is 39.0 Å². The highest BCUT2D eigenvalue weighted by molar-refractivity contribution is 6.16. The van der Waals surface area contributed by atoms with Crippen molar-refractivity contribution in [1.82, 2.24) is 15.0 Å². The van der Waals surface area contributed by atoms with Crippen LogP contribution < -0.4 is 22.5 Å². The normalized spacial score (nSPS) is 14.9. The van der Waals surface area contributed by atoms with Crippen LogP contribution in [-0.2, 0) is 0 Å². The minimum Gasteiger partial charge on any atom is -0.418 e. The van der Waals surface area contributed by atoms with E-state index in [-0.39, 0.29) is 33.6 Å². The molecule has 0 saturated carbocycles. The molecule has 0 amide bonds. The Hall–Kier alpha value is -4.03. The van der Waals surface area contributed by atoms with E-state index in [9.17, 15) is 19.2 Å². The Kier molecular flexibility index (Phi) is 7.75. The second kappa shape index (κ2) is 11.4. The van der Waals surface area contributed by atoms with Crippen LogP contribution in [0.25, 0.3) is 33.3 Å². The third-order valence-corrected chi connectivity index (χ3v) is 7.11. The number of rotatable bonds is 7. The molecule has 5 rings (SSSR count). The van der Waals surface area contributed by atoms with E-state index in [1.54, 1.807) is 0 Å². The maximum absolute atomic E-state index is 12.5. The average Bonchev–Trinajstić information content (AvgIpc) is 3.36. The van der Waals surface area contributed by atoms with E-state index >= 15 is 0 Å². The van der Waals surface area contributed by atoms with Crippen molar-refractivity contribution in [3.63, 3.8) is 0 Å². The van der Waals surface area contributed by atoms with Gasteiger partial charge in [-0.2, -0.15) is 0 Å². The first-order chi connectivity index (χ1) is 18.9. The van der Waals surface area contributed by atoms with Gasteiger partial charge in [0.2, 0.25) is 22.3 Å². The molecule has 1 aromatic carbocycles. The Morgan fingerprint density at radius 1 is 0.769 bits per heavy atom. The van der Waals surface area contributed by atoms with Gasteiger partial charge in [0.25, 0.3) is 0 Å². The summed E-state index contributed by atoms with van der Waals surface area (Å²) in [6.45, 7) is 10.1. The minimum absolute atomic E-state index is 0.0646. The molecule has 206 valence electrons. The van der Waals surface area contributed by atoms with Crippen LogP contribution in [0.2, 0.25) is 0 Å². The fourth-order valence-electron chi connectivity index (χ4n) is 5.05. The predicted molar refractivity (Wildman–Crippen MR) is 142 cm³/mol. The van der Waals surface area contributed by atoms with Crippen LogP contribution in [0.5, 0.6) is 0 Å². The molecule has 4 heterocycles. The summed E-state index contributed by atoms with van der Waals surface area (Å²) >= 11 is 0. The van der Waals surface area contributed by atoms with Gasteiger partial charge >= 0.3 is 22.5 Å². The van der Waals surface area contributed by atoms with Gasteiger partial charge in [-0.3, -0.25) is 0 Å². The summed E-state index contributed by atoms with van der Waals surface area (Å²) in [7, 11) is 0. The van der Waals surface area contributed by atoms with Crippen molar-refractivity contribution in [3.8, 4) is 0 Å². The number of nitrogens with zero attached hydrogens (tertiary/aromatic N) is 3. The Morgan fingerprint density at radius 2 is 1.26 bits per heavy atom. The molecule has 1 saturated heterocycles. The number of aromatic nitrogens is 1. The van der Waals surface area contributed by atoms with Gasteiger partial charge in [-0.1, -0.05) is 19.0 Å². The number of hydrogen-bond acceptors (Lipinski definition) is 12. The molecule has 0 N–H and O–H groups in total. The topological polar surface area (TPSA) is 153 Å². The zero-order valence-electron chi connectivity index (χ0n) is 21.8. The molecule has 12 heteroatoms. The van der Waals surface area contributed by atoms with Gasteiger partial charge in [-0.05, 0) is 58.5 Å². The zero-order chi connectivity index (χ0) is 27.5. The number of likely N-dealkylation sites (tertiary alicyclic amines) is 1. The second-order valence-corrected chi connectivity index (χ2v) is 9.44. The first-order valence-electron chi connectivity index (χ1n) is 13.0. The summed E-state index contributed by atoms with van der Waals surface area (Å²) in [6, 6.07) is 3.56. The zero-order valence-corrected chi connectivity index (χ0v) is 21.8. The molecule has 12 nitrogen and oxygen atoms in total. The third kappa shape index (κ3) is 5.57. The van der Waals surface area contributed by atoms with Crippen LogP contribution in [0, 0.1) is 0 Å². The van der Waals surface area contributed by atoms with Crippen molar-refractivity contribution >= 4 is 33.3 Å². The molecular weight excluding hydrogens is 510 g/mol. The Morgan fingerprint density at radius 3 is 1.79 bits per heavy atom. The lowest BCUT2D eigenvalue weighted by molar-refractivity contribution is 0.193. The van der Waals surface area contributed by atoms with E-state index in [0.717, 1.165) is 82.8 Å². The Labute approximate surface area is 220 Å². The molecular formula is C27H29N3O9. The van der Waals surface area contributed by atoms with Crippen LogP contribution in [0.15, 0.2) is 65.6 Å². The highest BCUT2D eigenvalue weighted by atomic mass is 16.5. The lowest BCUT2D eigenvalue weighted by atomic mass is 9.91. The van der Waals surface area contributed by atoms with Crippen molar-refractivity contribution in [2.75, 3.05) is 39.3 Å². The summed E-state index contributed by atoms with van der Waals surface area (Å²) in [5.74, 6) is -0.0745. The van der Waals surface area contributed by atoms with E-state index in [0.29, 0.717) is 5.69 Å².